The highest BCUT2D eigenvalue weighted by Crippen LogP contribution is 2.25. The zero-order valence-corrected chi connectivity index (χ0v) is 10.3. The fraction of sp³-hybridized carbons (Fsp3) is 0.333. The third kappa shape index (κ3) is 3.52. The molecule has 0 aliphatic heterocycles. The number of benzene rings is 1. The Kier molecular flexibility index (Phi) is 4.67. The molecule has 4 nitrogen and oxygen atoms in total. The molecule has 1 rings (SSSR count). The van der Waals surface area contributed by atoms with E-state index < -0.39 is 27.4 Å². The fourth-order valence-corrected chi connectivity index (χ4v) is 2.62. The largest absolute Gasteiger partial charge is 0.399 e. The summed E-state index contributed by atoms with van der Waals surface area (Å²) in [5.41, 5.74) is 5.41. The molecular formula is C9H11ClF2N2O2S. The van der Waals surface area contributed by atoms with Crippen LogP contribution in [0.1, 0.15) is 6.42 Å². The zero-order valence-electron chi connectivity index (χ0n) is 8.71. The molecule has 1 aromatic carbocycles. The predicted octanol–water partition coefficient (Wildman–Crippen LogP) is 1.70. The average Bonchev–Trinajstić information content (AvgIpc) is 2.23. The van der Waals surface area contributed by atoms with Crippen molar-refractivity contribution in [2.75, 3.05) is 19.0 Å². The van der Waals surface area contributed by atoms with Crippen molar-refractivity contribution < 1.29 is 17.2 Å². The summed E-state index contributed by atoms with van der Waals surface area (Å²) < 4.78 is 50.7. The number of nitrogen functional groups attached to an aromatic ring is 1. The van der Waals surface area contributed by atoms with E-state index in [-0.39, 0.29) is 23.7 Å². The monoisotopic (exact) mass is 284 g/mol. The third-order valence-electron chi connectivity index (χ3n) is 1.91. The quantitative estimate of drug-likeness (QED) is 0.638. The summed E-state index contributed by atoms with van der Waals surface area (Å²) >= 11 is 5.48. The fourth-order valence-electron chi connectivity index (χ4n) is 1.13. The van der Waals surface area contributed by atoms with E-state index in [0.717, 1.165) is 12.1 Å². The smallest absolute Gasteiger partial charge is 0.243 e. The first-order chi connectivity index (χ1) is 7.88. The molecular weight excluding hydrogens is 274 g/mol. The van der Waals surface area contributed by atoms with Gasteiger partial charge in [0.25, 0.3) is 0 Å². The van der Waals surface area contributed by atoms with E-state index in [1.165, 1.54) is 0 Å². The number of rotatable bonds is 5. The minimum absolute atomic E-state index is 0.0108. The highest BCUT2D eigenvalue weighted by atomic mass is 35.5. The standard InChI is InChI=1S/C9H11ClF2N2O2S/c10-7-4-6(13)5-8(9(7)12)17(15,16)14-3-1-2-11/h4-5,14H,1-3,13H2. The second-order valence-electron chi connectivity index (χ2n) is 3.26. The van der Waals surface area contributed by atoms with Crippen molar-refractivity contribution in [3.8, 4) is 0 Å². The molecule has 0 unspecified atom stereocenters. The lowest BCUT2D eigenvalue weighted by Crippen LogP contribution is -2.26. The Morgan fingerprint density at radius 1 is 1.41 bits per heavy atom. The second-order valence-corrected chi connectivity index (χ2v) is 5.40. The first-order valence-electron chi connectivity index (χ1n) is 4.68. The van der Waals surface area contributed by atoms with Crippen molar-refractivity contribution in [3.05, 3.63) is 23.0 Å². The number of nitrogens with two attached hydrogens (primary N) is 1. The lowest BCUT2D eigenvalue weighted by atomic mass is 10.3. The van der Waals surface area contributed by atoms with Gasteiger partial charge in [0.1, 0.15) is 4.90 Å². The van der Waals surface area contributed by atoms with Crippen molar-refractivity contribution >= 4 is 27.3 Å². The SMILES string of the molecule is Nc1cc(Cl)c(F)c(S(=O)(=O)NCCCF)c1. The summed E-state index contributed by atoms with van der Waals surface area (Å²) in [5.74, 6) is -1.08. The highest BCUT2D eigenvalue weighted by molar-refractivity contribution is 7.89. The van der Waals surface area contributed by atoms with E-state index in [4.69, 9.17) is 17.3 Å². The number of hydrogen-bond acceptors (Lipinski definition) is 3. The Morgan fingerprint density at radius 2 is 2.06 bits per heavy atom. The number of nitrogens with one attached hydrogen (secondary N) is 1. The van der Waals surface area contributed by atoms with Crippen molar-refractivity contribution in [2.24, 2.45) is 0 Å². The Labute approximate surface area is 103 Å². The first-order valence-corrected chi connectivity index (χ1v) is 6.54. The Balaban J connectivity index is 3.06. The van der Waals surface area contributed by atoms with E-state index in [1.54, 1.807) is 0 Å². The van der Waals surface area contributed by atoms with Gasteiger partial charge in [-0.1, -0.05) is 11.6 Å². The van der Waals surface area contributed by atoms with E-state index in [0.29, 0.717) is 0 Å². The van der Waals surface area contributed by atoms with Gasteiger partial charge in [0, 0.05) is 12.2 Å². The molecule has 0 bridgehead atoms. The molecule has 0 fully saturated rings. The number of anilines is 1. The molecule has 3 N–H and O–H groups in total. The molecule has 0 saturated carbocycles. The van der Waals surface area contributed by atoms with Gasteiger partial charge in [-0.05, 0) is 18.6 Å². The van der Waals surface area contributed by atoms with Crippen molar-refractivity contribution in [2.45, 2.75) is 11.3 Å². The minimum Gasteiger partial charge on any atom is -0.399 e. The van der Waals surface area contributed by atoms with Crippen LogP contribution in [0.5, 0.6) is 0 Å². The van der Waals surface area contributed by atoms with E-state index >= 15 is 0 Å². The number of alkyl halides is 1. The number of hydrogen-bond donors (Lipinski definition) is 2. The molecule has 8 heteroatoms. The molecule has 0 aliphatic carbocycles. The van der Waals surface area contributed by atoms with Crippen molar-refractivity contribution in [1.29, 1.82) is 0 Å². The maximum atomic E-state index is 13.5. The number of sulfonamides is 1. The lowest BCUT2D eigenvalue weighted by molar-refractivity contribution is 0.470. The van der Waals surface area contributed by atoms with E-state index in [1.807, 2.05) is 4.72 Å². The normalized spacial score (nSPS) is 11.7. The first kappa shape index (κ1) is 14.1. The molecule has 0 saturated heterocycles. The maximum absolute atomic E-state index is 13.5. The highest BCUT2D eigenvalue weighted by Gasteiger charge is 2.21. The third-order valence-corrected chi connectivity index (χ3v) is 3.64. The van der Waals surface area contributed by atoms with Gasteiger partial charge in [0.15, 0.2) is 5.82 Å². The van der Waals surface area contributed by atoms with E-state index in [2.05, 4.69) is 0 Å². The molecule has 0 aromatic heterocycles. The molecule has 0 spiro atoms. The van der Waals surface area contributed by atoms with Crippen LogP contribution in [0.25, 0.3) is 0 Å². The summed E-state index contributed by atoms with van der Waals surface area (Å²) in [4.78, 5) is -0.638. The maximum Gasteiger partial charge on any atom is 0.243 e. The Morgan fingerprint density at radius 3 is 2.65 bits per heavy atom. The summed E-state index contributed by atoms with van der Waals surface area (Å²) in [6.07, 6.45) is 0.0108. The van der Waals surface area contributed by atoms with Crippen LogP contribution in [0, 0.1) is 5.82 Å². The van der Waals surface area contributed by atoms with Crippen LogP contribution in [0.2, 0.25) is 5.02 Å². The molecule has 1 aromatic rings. The van der Waals surface area contributed by atoms with Crippen LogP contribution in [0.15, 0.2) is 17.0 Å². The van der Waals surface area contributed by atoms with Gasteiger partial charge < -0.3 is 5.73 Å². The van der Waals surface area contributed by atoms with Gasteiger partial charge in [-0.3, -0.25) is 4.39 Å². The van der Waals surface area contributed by atoms with Gasteiger partial charge in [0.2, 0.25) is 10.0 Å². The summed E-state index contributed by atoms with van der Waals surface area (Å²) in [7, 11) is -4.06. The molecule has 96 valence electrons. The van der Waals surface area contributed by atoms with Crippen LogP contribution in [-0.2, 0) is 10.0 Å². The van der Waals surface area contributed by atoms with Crippen LogP contribution < -0.4 is 10.5 Å². The number of halogens is 3. The van der Waals surface area contributed by atoms with Crippen LogP contribution in [0.3, 0.4) is 0 Å². The Bertz CT molecular complexity index is 508. The van der Waals surface area contributed by atoms with Gasteiger partial charge in [-0.15, -0.1) is 0 Å². The summed E-state index contributed by atoms with van der Waals surface area (Å²) in [6.45, 7) is -0.784. The summed E-state index contributed by atoms with van der Waals surface area (Å²) in [5, 5.41) is -0.379. The van der Waals surface area contributed by atoms with Crippen LogP contribution in [-0.4, -0.2) is 21.6 Å². The minimum atomic E-state index is -4.06. The topological polar surface area (TPSA) is 72.2 Å². The predicted molar refractivity (Wildman–Crippen MR) is 61.6 cm³/mol. The Hall–Kier alpha value is -0.920. The van der Waals surface area contributed by atoms with E-state index in [9.17, 15) is 17.2 Å². The molecule has 17 heavy (non-hydrogen) atoms. The van der Waals surface area contributed by atoms with Gasteiger partial charge in [-0.25, -0.2) is 17.5 Å². The molecule has 0 aliphatic rings. The molecule has 0 amide bonds. The van der Waals surface area contributed by atoms with Crippen LogP contribution >= 0.6 is 11.6 Å². The summed E-state index contributed by atoms with van der Waals surface area (Å²) in [6, 6.07) is 2.07. The van der Waals surface area contributed by atoms with Crippen LogP contribution in [0.4, 0.5) is 14.5 Å². The molecule has 0 radical (unpaired) electrons. The molecule has 0 atom stereocenters. The average molecular weight is 285 g/mol. The van der Waals surface area contributed by atoms with Gasteiger partial charge in [0.05, 0.1) is 11.7 Å². The zero-order chi connectivity index (χ0) is 13.1. The van der Waals surface area contributed by atoms with Gasteiger partial charge >= 0.3 is 0 Å². The molecule has 0 heterocycles. The van der Waals surface area contributed by atoms with Gasteiger partial charge in [-0.2, -0.15) is 0 Å². The second kappa shape index (κ2) is 5.61. The lowest BCUT2D eigenvalue weighted by Gasteiger charge is -2.08. The van der Waals surface area contributed by atoms with Crippen molar-refractivity contribution in [1.82, 2.24) is 4.72 Å². The van der Waals surface area contributed by atoms with Crippen molar-refractivity contribution in [3.63, 3.8) is 0 Å².